The van der Waals surface area contributed by atoms with Gasteiger partial charge in [-0.15, -0.1) is 0 Å². The molecule has 6 nitrogen and oxygen atoms in total. The summed E-state index contributed by atoms with van der Waals surface area (Å²) in [6.07, 6.45) is 1.10. The van der Waals surface area contributed by atoms with Crippen molar-refractivity contribution in [2.24, 2.45) is 0 Å². The maximum atomic E-state index is 12.5. The van der Waals surface area contributed by atoms with Crippen molar-refractivity contribution in [3.8, 4) is 5.75 Å². The maximum Gasteiger partial charge on any atom is 0.239 e. The lowest BCUT2D eigenvalue weighted by Gasteiger charge is -2.20. The Morgan fingerprint density at radius 1 is 1.11 bits per heavy atom. The zero-order chi connectivity index (χ0) is 20.0. The molecule has 7 heteroatoms. The lowest BCUT2D eigenvalue weighted by Crippen LogP contribution is -2.37. The first kappa shape index (κ1) is 20.9. The Hall–Kier alpha value is -2.38. The number of hydrogen-bond acceptors (Lipinski definition) is 4. The summed E-state index contributed by atoms with van der Waals surface area (Å²) in [5.41, 5.74) is 2.49. The molecule has 2 aromatic rings. The van der Waals surface area contributed by atoms with Crippen LogP contribution in [0.5, 0.6) is 5.75 Å². The van der Waals surface area contributed by atoms with E-state index in [0.717, 1.165) is 21.7 Å². The van der Waals surface area contributed by atoms with Crippen LogP contribution in [0.2, 0.25) is 0 Å². The maximum absolute atomic E-state index is 12.5. The predicted octanol–water partition coefficient (Wildman–Crippen LogP) is 3.22. The monoisotopic (exact) mass is 390 g/mol. The van der Waals surface area contributed by atoms with E-state index in [1.807, 2.05) is 38.1 Å². The SMILES string of the molecule is COc1ccc(CN(CC(=O)Nc2ccccc2C(C)C)S(C)(=O)=O)cc1. The van der Waals surface area contributed by atoms with Gasteiger partial charge in [0.25, 0.3) is 0 Å². The summed E-state index contributed by atoms with van der Waals surface area (Å²) in [6.45, 7) is 3.94. The summed E-state index contributed by atoms with van der Waals surface area (Å²) >= 11 is 0. The molecule has 0 unspecified atom stereocenters. The summed E-state index contributed by atoms with van der Waals surface area (Å²) < 4.78 is 30.5. The first-order valence-electron chi connectivity index (χ1n) is 8.67. The molecule has 1 amide bonds. The van der Waals surface area contributed by atoms with Gasteiger partial charge in [0, 0.05) is 12.2 Å². The van der Waals surface area contributed by atoms with Crippen LogP contribution in [0.25, 0.3) is 0 Å². The number of rotatable bonds is 8. The Balaban J connectivity index is 2.13. The number of sulfonamides is 1. The molecule has 0 fully saturated rings. The molecule has 0 aliphatic rings. The van der Waals surface area contributed by atoms with Gasteiger partial charge in [-0.1, -0.05) is 44.2 Å². The van der Waals surface area contributed by atoms with Crippen molar-refractivity contribution >= 4 is 21.6 Å². The van der Waals surface area contributed by atoms with E-state index in [1.165, 1.54) is 0 Å². The number of ether oxygens (including phenoxy) is 1. The number of carbonyl (C=O) groups is 1. The zero-order valence-corrected chi connectivity index (χ0v) is 16.9. The van der Waals surface area contributed by atoms with Crippen molar-refractivity contribution in [2.45, 2.75) is 26.3 Å². The topological polar surface area (TPSA) is 75.7 Å². The first-order chi connectivity index (χ1) is 12.7. The Kier molecular flexibility index (Phi) is 6.98. The van der Waals surface area contributed by atoms with Crippen LogP contribution in [0.1, 0.15) is 30.9 Å². The van der Waals surface area contributed by atoms with Crippen LogP contribution in [0, 0.1) is 0 Å². The van der Waals surface area contributed by atoms with Gasteiger partial charge in [-0.3, -0.25) is 4.79 Å². The van der Waals surface area contributed by atoms with Gasteiger partial charge in [-0.05, 0) is 35.2 Å². The highest BCUT2D eigenvalue weighted by molar-refractivity contribution is 7.88. The van der Waals surface area contributed by atoms with Crippen molar-refractivity contribution < 1.29 is 17.9 Å². The number of carbonyl (C=O) groups excluding carboxylic acids is 1. The molecule has 0 aliphatic heterocycles. The standard InChI is InChI=1S/C20H26N2O4S/c1-15(2)18-7-5-6-8-19(18)21-20(23)14-22(27(4,24)25)13-16-9-11-17(26-3)12-10-16/h5-12,15H,13-14H2,1-4H3,(H,21,23). The fourth-order valence-electron chi connectivity index (χ4n) is 2.69. The van der Waals surface area contributed by atoms with Crippen LogP contribution >= 0.6 is 0 Å². The minimum atomic E-state index is -3.55. The molecule has 0 atom stereocenters. The fourth-order valence-corrected chi connectivity index (χ4v) is 3.42. The average molecular weight is 391 g/mol. The molecular weight excluding hydrogens is 364 g/mol. The highest BCUT2D eigenvalue weighted by Crippen LogP contribution is 2.23. The molecule has 2 aromatic carbocycles. The lowest BCUT2D eigenvalue weighted by molar-refractivity contribution is -0.116. The molecule has 2 rings (SSSR count). The van der Waals surface area contributed by atoms with Crippen molar-refractivity contribution in [3.05, 3.63) is 59.7 Å². The van der Waals surface area contributed by atoms with Crippen molar-refractivity contribution in [2.75, 3.05) is 25.2 Å². The van der Waals surface area contributed by atoms with Crippen LogP contribution in [-0.4, -0.2) is 38.5 Å². The van der Waals surface area contributed by atoms with Crippen molar-refractivity contribution in [1.82, 2.24) is 4.31 Å². The number of amides is 1. The summed E-state index contributed by atoms with van der Waals surface area (Å²) in [7, 11) is -1.98. The summed E-state index contributed by atoms with van der Waals surface area (Å²) in [6, 6.07) is 14.6. The highest BCUT2D eigenvalue weighted by Gasteiger charge is 2.21. The van der Waals surface area contributed by atoms with E-state index in [1.54, 1.807) is 31.4 Å². The second-order valence-electron chi connectivity index (χ2n) is 6.67. The minimum Gasteiger partial charge on any atom is -0.497 e. The number of nitrogens with one attached hydrogen (secondary N) is 1. The van der Waals surface area contributed by atoms with E-state index >= 15 is 0 Å². The average Bonchev–Trinajstić information content (AvgIpc) is 2.61. The number of hydrogen-bond donors (Lipinski definition) is 1. The predicted molar refractivity (Wildman–Crippen MR) is 107 cm³/mol. The third kappa shape index (κ3) is 6.08. The third-order valence-corrected chi connectivity index (χ3v) is 5.36. The number of benzene rings is 2. The van der Waals surface area contributed by atoms with E-state index in [9.17, 15) is 13.2 Å². The number of anilines is 1. The van der Waals surface area contributed by atoms with Gasteiger partial charge in [0.1, 0.15) is 5.75 Å². The van der Waals surface area contributed by atoms with Crippen molar-refractivity contribution in [3.63, 3.8) is 0 Å². The smallest absolute Gasteiger partial charge is 0.239 e. The van der Waals surface area contributed by atoms with Crippen LogP contribution < -0.4 is 10.1 Å². The highest BCUT2D eigenvalue weighted by atomic mass is 32.2. The second kappa shape index (κ2) is 9.01. The molecule has 0 bridgehead atoms. The lowest BCUT2D eigenvalue weighted by atomic mass is 10.0. The molecule has 27 heavy (non-hydrogen) atoms. The first-order valence-corrected chi connectivity index (χ1v) is 10.5. The van der Waals surface area contributed by atoms with Gasteiger partial charge >= 0.3 is 0 Å². The molecule has 146 valence electrons. The van der Waals surface area contributed by atoms with Crippen LogP contribution in [0.15, 0.2) is 48.5 Å². The largest absolute Gasteiger partial charge is 0.497 e. The summed E-state index contributed by atoms with van der Waals surface area (Å²) in [4.78, 5) is 12.5. The minimum absolute atomic E-state index is 0.113. The molecule has 0 saturated carbocycles. The van der Waals surface area contributed by atoms with Crippen LogP contribution in [0.3, 0.4) is 0 Å². The van der Waals surface area contributed by atoms with E-state index in [0.29, 0.717) is 11.4 Å². The number of nitrogens with zero attached hydrogens (tertiary/aromatic N) is 1. The Morgan fingerprint density at radius 2 is 1.74 bits per heavy atom. The van der Waals surface area contributed by atoms with E-state index in [2.05, 4.69) is 5.32 Å². The van der Waals surface area contributed by atoms with E-state index < -0.39 is 10.0 Å². The molecule has 0 aliphatic carbocycles. The Morgan fingerprint density at radius 3 is 2.30 bits per heavy atom. The third-order valence-electron chi connectivity index (χ3n) is 4.16. The van der Waals surface area contributed by atoms with Gasteiger partial charge < -0.3 is 10.1 Å². The molecular formula is C20H26N2O4S. The molecule has 0 heterocycles. The van der Waals surface area contributed by atoms with E-state index in [4.69, 9.17) is 4.74 Å². The molecule has 0 radical (unpaired) electrons. The second-order valence-corrected chi connectivity index (χ2v) is 8.65. The quantitative estimate of drug-likeness (QED) is 0.751. The Bertz CT molecular complexity index is 877. The van der Waals surface area contributed by atoms with Crippen LogP contribution in [-0.2, 0) is 21.4 Å². The van der Waals surface area contributed by atoms with Crippen LogP contribution in [0.4, 0.5) is 5.69 Å². The normalized spacial score (nSPS) is 11.6. The number of methoxy groups -OCH3 is 1. The van der Waals surface area contributed by atoms with Gasteiger partial charge in [-0.2, -0.15) is 4.31 Å². The van der Waals surface area contributed by atoms with Gasteiger partial charge in [0.15, 0.2) is 0 Å². The molecule has 0 aromatic heterocycles. The van der Waals surface area contributed by atoms with Gasteiger partial charge in [0.2, 0.25) is 15.9 Å². The van der Waals surface area contributed by atoms with E-state index in [-0.39, 0.29) is 24.9 Å². The van der Waals surface area contributed by atoms with Crippen molar-refractivity contribution in [1.29, 1.82) is 0 Å². The molecule has 0 spiro atoms. The zero-order valence-electron chi connectivity index (χ0n) is 16.1. The van der Waals surface area contributed by atoms with Gasteiger partial charge in [0.05, 0.1) is 19.9 Å². The number of para-hydroxylation sites is 1. The fraction of sp³-hybridized carbons (Fsp3) is 0.350. The van der Waals surface area contributed by atoms with Gasteiger partial charge in [-0.25, -0.2) is 8.42 Å². The Labute approximate surface area is 161 Å². The molecule has 0 saturated heterocycles. The summed E-state index contributed by atoms with van der Waals surface area (Å²) in [5, 5.41) is 2.83. The molecule has 1 N–H and O–H groups in total. The summed E-state index contributed by atoms with van der Waals surface area (Å²) in [5.74, 6) is 0.557.